The molecule has 0 unspecified atom stereocenters. The molecule has 0 aliphatic heterocycles. The standard InChI is InChI=1S/C12H24BrNO2/c1-12(2,7-5-9-15)10-14-11(16)6-3-4-8-13/h15H,3-10H2,1-2H3,(H,14,16). The number of aliphatic hydroxyl groups is 1. The highest BCUT2D eigenvalue weighted by atomic mass is 79.9. The average molecular weight is 294 g/mol. The van der Waals surface area contributed by atoms with E-state index in [0.717, 1.165) is 31.0 Å². The van der Waals surface area contributed by atoms with Gasteiger partial charge in [-0.15, -0.1) is 0 Å². The molecular weight excluding hydrogens is 270 g/mol. The topological polar surface area (TPSA) is 49.3 Å². The minimum Gasteiger partial charge on any atom is -0.396 e. The van der Waals surface area contributed by atoms with E-state index < -0.39 is 0 Å². The summed E-state index contributed by atoms with van der Waals surface area (Å²) < 4.78 is 0. The fourth-order valence-electron chi connectivity index (χ4n) is 1.45. The van der Waals surface area contributed by atoms with E-state index in [0.29, 0.717) is 13.0 Å². The largest absolute Gasteiger partial charge is 0.396 e. The van der Waals surface area contributed by atoms with Crippen LogP contribution < -0.4 is 5.32 Å². The summed E-state index contributed by atoms with van der Waals surface area (Å²) in [4.78, 5) is 11.5. The smallest absolute Gasteiger partial charge is 0.220 e. The number of nitrogens with one attached hydrogen (secondary N) is 1. The van der Waals surface area contributed by atoms with Gasteiger partial charge in [0.1, 0.15) is 0 Å². The number of rotatable bonds is 9. The summed E-state index contributed by atoms with van der Waals surface area (Å²) in [6, 6.07) is 0. The third-order valence-corrected chi connectivity index (χ3v) is 3.12. The first-order valence-corrected chi connectivity index (χ1v) is 7.07. The van der Waals surface area contributed by atoms with Gasteiger partial charge in [-0.25, -0.2) is 0 Å². The van der Waals surface area contributed by atoms with Crippen LogP contribution >= 0.6 is 15.9 Å². The van der Waals surface area contributed by atoms with Crippen LogP contribution in [0.2, 0.25) is 0 Å². The Morgan fingerprint density at radius 1 is 1.31 bits per heavy atom. The lowest BCUT2D eigenvalue weighted by Gasteiger charge is -2.24. The van der Waals surface area contributed by atoms with E-state index in [1.165, 1.54) is 0 Å². The molecule has 0 saturated heterocycles. The van der Waals surface area contributed by atoms with E-state index in [1.807, 2.05) is 0 Å². The molecule has 0 rings (SSSR count). The number of aliphatic hydroxyl groups excluding tert-OH is 1. The fourth-order valence-corrected chi connectivity index (χ4v) is 1.85. The molecule has 96 valence electrons. The molecule has 0 aromatic carbocycles. The quantitative estimate of drug-likeness (QED) is 0.507. The Hall–Kier alpha value is -0.0900. The van der Waals surface area contributed by atoms with Gasteiger partial charge in [0.05, 0.1) is 0 Å². The van der Waals surface area contributed by atoms with E-state index in [4.69, 9.17) is 5.11 Å². The Labute approximate surface area is 107 Å². The number of amides is 1. The molecule has 16 heavy (non-hydrogen) atoms. The number of unbranched alkanes of at least 4 members (excludes halogenated alkanes) is 1. The Morgan fingerprint density at radius 3 is 2.56 bits per heavy atom. The molecule has 0 spiro atoms. The predicted octanol–water partition coefficient (Wildman–Crippen LogP) is 2.47. The second-order valence-electron chi connectivity index (χ2n) is 4.91. The van der Waals surface area contributed by atoms with Crippen molar-refractivity contribution in [3.8, 4) is 0 Å². The van der Waals surface area contributed by atoms with E-state index in [9.17, 15) is 4.79 Å². The Balaban J connectivity index is 3.64. The molecule has 0 aliphatic rings. The maximum atomic E-state index is 11.5. The second kappa shape index (κ2) is 8.99. The molecule has 0 saturated carbocycles. The summed E-state index contributed by atoms with van der Waals surface area (Å²) >= 11 is 3.34. The summed E-state index contributed by atoms with van der Waals surface area (Å²) in [6.45, 7) is 5.14. The molecule has 0 aromatic rings. The zero-order valence-electron chi connectivity index (χ0n) is 10.4. The maximum Gasteiger partial charge on any atom is 0.220 e. The lowest BCUT2D eigenvalue weighted by molar-refractivity contribution is -0.121. The van der Waals surface area contributed by atoms with Crippen LogP contribution in [0.5, 0.6) is 0 Å². The van der Waals surface area contributed by atoms with E-state index in [2.05, 4.69) is 35.1 Å². The number of hydrogen-bond donors (Lipinski definition) is 2. The van der Waals surface area contributed by atoms with Gasteiger partial charge in [0, 0.05) is 24.9 Å². The third kappa shape index (κ3) is 9.16. The van der Waals surface area contributed by atoms with Crippen molar-refractivity contribution >= 4 is 21.8 Å². The number of halogens is 1. The van der Waals surface area contributed by atoms with Crippen molar-refractivity contribution in [1.82, 2.24) is 5.32 Å². The lowest BCUT2D eigenvalue weighted by atomic mass is 9.88. The van der Waals surface area contributed by atoms with Gasteiger partial charge in [-0.2, -0.15) is 0 Å². The minimum absolute atomic E-state index is 0.0772. The molecule has 0 atom stereocenters. The third-order valence-electron chi connectivity index (χ3n) is 2.56. The van der Waals surface area contributed by atoms with Crippen LogP contribution in [0.15, 0.2) is 0 Å². The van der Waals surface area contributed by atoms with Gasteiger partial charge in [-0.05, 0) is 31.1 Å². The molecule has 0 aliphatic carbocycles. The number of hydrogen-bond acceptors (Lipinski definition) is 2. The first-order valence-electron chi connectivity index (χ1n) is 5.95. The van der Waals surface area contributed by atoms with Gasteiger partial charge in [0.25, 0.3) is 0 Å². The summed E-state index contributed by atoms with van der Waals surface area (Å²) in [5.74, 6) is 0.137. The van der Waals surface area contributed by atoms with Crippen LogP contribution in [0.3, 0.4) is 0 Å². The number of alkyl halides is 1. The van der Waals surface area contributed by atoms with Gasteiger partial charge < -0.3 is 10.4 Å². The van der Waals surface area contributed by atoms with Gasteiger partial charge in [-0.3, -0.25) is 4.79 Å². The van der Waals surface area contributed by atoms with Crippen molar-refractivity contribution in [2.24, 2.45) is 5.41 Å². The number of carbonyl (C=O) groups is 1. The SMILES string of the molecule is CC(C)(CCCO)CNC(=O)CCCCBr. The first-order chi connectivity index (χ1) is 7.52. The molecule has 0 heterocycles. The summed E-state index contributed by atoms with van der Waals surface area (Å²) in [5, 5.41) is 12.7. The van der Waals surface area contributed by atoms with Crippen LogP contribution in [-0.2, 0) is 4.79 Å². The van der Waals surface area contributed by atoms with Crippen LogP contribution in [0.1, 0.15) is 46.0 Å². The highest BCUT2D eigenvalue weighted by Crippen LogP contribution is 2.20. The Kier molecular flexibility index (Phi) is 8.94. The second-order valence-corrected chi connectivity index (χ2v) is 5.71. The summed E-state index contributed by atoms with van der Waals surface area (Å²) in [6.07, 6.45) is 4.33. The highest BCUT2D eigenvalue weighted by molar-refractivity contribution is 9.09. The predicted molar refractivity (Wildman–Crippen MR) is 70.8 cm³/mol. The van der Waals surface area contributed by atoms with E-state index in [-0.39, 0.29) is 17.9 Å². The normalized spacial score (nSPS) is 11.5. The molecule has 4 heteroatoms. The zero-order valence-corrected chi connectivity index (χ0v) is 12.0. The number of carbonyl (C=O) groups excluding carboxylic acids is 1. The molecule has 1 amide bonds. The first kappa shape index (κ1) is 15.9. The van der Waals surface area contributed by atoms with E-state index in [1.54, 1.807) is 0 Å². The average Bonchev–Trinajstić information content (AvgIpc) is 2.24. The van der Waals surface area contributed by atoms with Crippen molar-refractivity contribution in [2.45, 2.75) is 46.0 Å². The van der Waals surface area contributed by atoms with Gasteiger partial charge >= 0.3 is 0 Å². The molecule has 2 N–H and O–H groups in total. The van der Waals surface area contributed by atoms with Crippen LogP contribution in [-0.4, -0.2) is 29.5 Å². The van der Waals surface area contributed by atoms with Crippen LogP contribution in [0, 0.1) is 5.41 Å². The molecule has 0 radical (unpaired) electrons. The summed E-state index contributed by atoms with van der Waals surface area (Å²) in [5.41, 5.74) is 0.0772. The van der Waals surface area contributed by atoms with Crippen molar-refractivity contribution in [3.63, 3.8) is 0 Å². The van der Waals surface area contributed by atoms with Crippen molar-refractivity contribution in [2.75, 3.05) is 18.5 Å². The van der Waals surface area contributed by atoms with Gasteiger partial charge in [0.2, 0.25) is 5.91 Å². The molecule has 0 bridgehead atoms. The molecule has 0 aromatic heterocycles. The molecular formula is C12H24BrNO2. The van der Waals surface area contributed by atoms with Crippen molar-refractivity contribution < 1.29 is 9.90 Å². The van der Waals surface area contributed by atoms with Gasteiger partial charge in [0.15, 0.2) is 0 Å². The Bertz CT molecular complexity index is 195. The summed E-state index contributed by atoms with van der Waals surface area (Å²) in [7, 11) is 0. The molecule has 3 nitrogen and oxygen atoms in total. The maximum absolute atomic E-state index is 11.5. The van der Waals surface area contributed by atoms with Crippen molar-refractivity contribution in [3.05, 3.63) is 0 Å². The minimum atomic E-state index is 0.0772. The van der Waals surface area contributed by atoms with Crippen LogP contribution in [0.4, 0.5) is 0 Å². The monoisotopic (exact) mass is 293 g/mol. The highest BCUT2D eigenvalue weighted by Gasteiger charge is 2.17. The lowest BCUT2D eigenvalue weighted by Crippen LogP contribution is -2.34. The van der Waals surface area contributed by atoms with Crippen LogP contribution in [0.25, 0.3) is 0 Å². The van der Waals surface area contributed by atoms with Gasteiger partial charge in [-0.1, -0.05) is 29.8 Å². The van der Waals surface area contributed by atoms with E-state index >= 15 is 0 Å². The zero-order chi connectivity index (χ0) is 12.4. The Morgan fingerprint density at radius 2 is 2.00 bits per heavy atom. The fraction of sp³-hybridized carbons (Fsp3) is 0.917. The molecule has 0 fully saturated rings. The van der Waals surface area contributed by atoms with Crippen molar-refractivity contribution in [1.29, 1.82) is 0 Å².